The SMILES string of the molecule is Cc1noc(-c2ccc(OCc3ccc(F)cc3)cc2O)c1-c1ccccc1. The number of halogens is 1. The highest BCUT2D eigenvalue weighted by Gasteiger charge is 2.19. The van der Waals surface area contributed by atoms with Gasteiger partial charge in [-0.05, 0) is 42.3 Å². The standard InChI is InChI=1S/C23H18FNO3/c1-15-22(17-5-3-2-4-6-17)23(28-25-15)20-12-11-19(13-21(20)26)27-14-16-7-9-18(24)10-8-16/h2-13,26H,14H2,1H3. The quantitative estimate of drug-likeness (QED) is 0.483. The van der Waals surface area contributed by atoms with E-state index >= 15 is 0 Å². The minimum atomic E-state index is -0.290. The monoisotopic (exact) mass is 375 g/mol. The molecule has 4 rings (SSSR count). The van der Waals surface area contributed by atoms with Gasteiger partial charge in [-0.1, -0.05) is 47.6 Å². The summed E-state index contributed by atoms with van der Waals surface area (Å²) in [6.45, 7) is 2.14. The van der Waals surface area contributed by atoms with E-state index in [9.17, 15) is 9.50 Å². The Labute approximate surface area is 161 Å². The molecule has 4 nitrogen and oxygen atoms in total. The lowest BCUT2D eigenvalue weighted by atomic mass is 9.99. The lowest BCUT2D eigenvalue weighted by Crippen LogP contribution is -1.95. The summed E-state index contributed by atoms with van der Waals surface area (Å²) in [5, 5.41) is 14.6. The Kier molecular flexibility index (Phi) is 4.81. The number of aryl methyl sites for hydroxylation is 1. The molecule has 0 aliphatic rings. The van der Waals surface area contributed by atoms with Crippen molar-refractivity contribution in [3.63, 3.8) is 0 Å². The first kappa shape index (κ1) is 17.8. The number of aromatic hydroxyl groups is 1. The maximum Gasteiger partial charge on any atom is 0.178 e. The zero-order valence-corrected chi connectivity index (χ0v) is 15.2. The molecule has 4 aromatic rings. The van der Waals surface area contributed by atoms with Gasteiger partial charge in [0.05, 0.1) is 16.8 Å². The van der Waals surface area contributed by atoms with Crippen LogP contribution in [0.5, 0.6) is 11.5 Å². The molecule has 0 saturated heterocycles. The first-order valence-electron chi connectivity index (χ1n) is 8.84. The van der Waals surface area contributed by atoms with Gasteiger partial charge in [0, 0.05) is 6.07 Å². The molecule has 3 aromatic carbocycles. The van der Waals surface area contributed by atoms with E-state index in [2.05, 4.69) is 5.16 Å². The molecule has 0 amide bonds. The molecule has 0 radical (unpaired) electrons. The van der Waals surface area contributed by atoms with Gasteiger partial charge >= 0.3 is 0 Å². The molecular formula is C23H18FNO3. The summed E-state index contributed by atoms with van der Waals surface area (Å²) in [7, 11) is 0. The Hall–Kier alpha value is -3.60. The second kappa shape index (κ2) is 7.56. The fraction of sp³-hybridized carbons (Fsp3) is 0.0870. The van der Waals surface area contributed by atoms with Crippen LogP contribution in [0.4, 0.5) is 4.39 Å². The van der Waals surface area contributed by atoms with Gasteiger partial charge in [-0.25, -0.2) is 4.39 Å². The second-order valence-electron chi connectivity index (χ2n) is 6.43. The number of hydrogen-bond donors (Lipinski definition) is 1. The first-order valence-corrected chi connectivity index (χ1v) is 8.84. The van der Waals surface area contributed by atoms with Crippen molar-refractivity contribution in [3.05, 3.63) is 89.9 Å². The van der Waals surface area contributed by atoms with E-state index in [0.717, 1.165) is 22.4 Å². The number of benzene rings is 3. The number of nitrogens with zero attached hydrogens (tertiary/aromatic N) is 1. The largest absolute Gasteiger partial charge is 0.507 e. The van der Waals surface area contributed by atoms with Crippen molar-refractivity contribution in [1.29, 1.82) is 0 Å². The highest BCUT2D eigenvalue weighted by Crippen LogP contribution is 2.40. The summed E-state index contributed by atoms with van der Waals surface area (Å²) in [4.78, 5) is 0. The lowest BCUT2D eigenvalue weighted by Gasteiger charge is -2.09. The van der Waals surface area contributed by atoms with Crippen molar-refractivity contribution in [3.8, 4) is 33.9 Å². The van der Waals surface area contributed by atoms with Crippen LogP contribution >= 0.6 is 0 Å². The maximum absolute atomic E-state index is 13.0. The number of rotatable bonds is 5. The smallest absolute Gasteiger partial charge is 0.178 e. The van der Waals surface area contributed by atoms with E-state index < -0.39 is 0 Å². The molecule has 28 heavy (non-hydrogen) atoms. The van der Waals surface area contributed by atoms with Gasteiger partial charge in [0.1, 0.15) is 23.9 Å². The van der Waals surface area contributed by atoms with E-state index in [0.29, 0.717) is 17.1 Å². The molecule has 0 atom stereocenters. The van der Waals surface area contributed by atoms with Gasteiger partial charge in [-0.3, -0.25) is 0 Å². The van der Waals surface area contributed by atoms with Crippen LogP contribution in [0.3, 0.4) is 0 Å². The molecule has 0 unspecified atom stereocenters. The molecule has 0 fully saturated rings. The molecule has 0 spiro atoms. The molecule has 0 saturated carbocycles. The van der Waals surface area contributed by atoms with Gasteiger partial charge in [-0.15, -0.1) is 0 Å². The van der Waals surface area contributed by atoms with Crippen LogP contribution in [0.25, 0.3) is 22.5 Å². The number of phenols is 1. The van der Waals surface area contributed by atoms with Gasteiger partial charge in [0.25, 0.3) is 0 Å². The Bertz CT molecular complexity index is 1090. The molecule has 1 aromatic heterocycles. The van der Waals surface area contributed by atoms with E-state index in [1.165, 1.54) is 18.2 Å². The fourth-order valence-corrected chi connectivity index (χ4v) is 3.04. The van der Waals surface area contributed by atoms with Crippen molar-refractivity contribution in [2.75, 3.05) is 0 Å². The number of phenolic OH excluding ortho intramolecular Hbond substituents is 1. The van der Waals surface area contributed by atoms with Crippen molar-refractivity contribution in [1.82, 2.24) is 5.16 Å². The third-order valence-electron chi connectivity index (χ3n) is 4.46. The van der Waals surface area contributed by atoms with Crippen LogP contribution in [-0.2, 0) is 6.61 Å². The van der Waals surface area contributed by atoms with Gasteiger partial charge in [-0.2, -0.15) is 0 Å². The molecule has 1 N–H and O–H groups in total. The zero-order chi connectivity index (χ0) is 19.5. The predicted molar refractivity (Wildman–Crippen MR) is 105 cm³/mol. The summed E-state index contributed by atoms with van der Waals surface area (Å²) >= 11 is 0. The number of ether oxygens (including phenoxy) is 1. The summed E-state index contributed by atoms with van der Waals surface area (Å²) in [6, 6.07) is 20.9. The van der Waals surface area contributed by atoms with E-state index in [-0.39, 0.29) is 18.2 Å². The maximum atomic E-state index is 13.0. The van der Waals surface area contributed by atoms with Gasteiger partial charge < -0.3 is 14.4 Å². The second-order valence-corrected chi connectivity index (χ2v) is 6.43. The Balaban J connectivity index is 1.60. The fourth-order valence-electron chi connectivity index (χ4n) is 3.04. The molecule has 0 bridgehead atoms. The molecule has 1 heterocycles. The van der Waals surface area contributed by atoms with Crippen LogP contribution in [0.1, 0.15) is 11.3 Å². The summed E-state index contributed by atoms with van der Waals surface area (Å²) < 4.78 is 24.2. The lowest BCUT2D eigenvalue weighted by molar-refractivity contribution is 0.304. The minimum Gasteiger partial charge on any atom is -0.507 e. The third kappa shape index (κ3) is 3.60. The average Bonchev–Trinajstić information content (AvgIpc) is 3.09. The van der Waals surface area contributed by atoms with Crippen LogP contribution in [0.15, 0.2) is 77.3 Å². The van der Waals surface area contributed by atoms with Crippen molar-refractivity contribution in [2.24, 2.45) is 0 Å². The number of hydrogen-bond acceptors (Lipinski definition) is 4. The Morgan fingerprint density at radius 1 is 1.00 bits per heavy atom. The van der Waals surface area contributed by atoms with E-state index in [1.54, 1.807) is 24.3 Å². The molecule has 0 aliphatic heterocycles. The van der Waals surface area contributed by atoms with E-state index in [4.69, 9.17) is 9.26 Å². The summed E-state index contributed by atoms with van der Waals surface area (Å²) in [5.74, 6) is 0.751. The van der Waals surface area contributed by atoms with Crippen molar-refractivity contribution >= 4 is 0 Å². The normalized spacial score (nSPS) is 10.8. The Morgan fingerprint density at radius 3 is 2.46 bits per heavy atom. The van der Waals surface area contributed by atoms with Gasteiger partial charge in [0.15, 0.2) is 5.76 Å². The van der Waals surface area contributed by atoms with Crippen molar-refractivity contribution < 1.29 is 18.8 Å². The Morgan fingerprint density at radius 2 is 1.75 bits per heavy atom. The molecule has 140 valence electrons. The van der Waals surface area contributed by atoms with Crippen LogP contribution in [0, 0.1) is 12.7 Å². The minimum absolute atomic E-state index is 0.0323. The van der Waals surface area contributed by atoms with E-state index in [1.807, 2.05) is 37.3 Å². The molecular weight excluding hydrogens is 357 g/mol. The summed E-state index contributed by atoms with van der Waals surface area (Å²) in [6.07, 6.45) is 0. The average molecular weight is 375 g/mol. The topological polar surface area (TPSA) is 55.5 Å². The van der Waals surface area contributed by atoms with Crippen LogP contribution in [0.2, 0.25) is 0 Å². The van der Waals surface area contributed by atoms with Crippen LogP contribution in [-0.4, -0.2) is 10.3 Å². The van der Waals surface area contributed by atoms with Crippen molar-refractivity contribution in [2.45, 2.75) is 13.5 Å². The third-order valence-corrected chi connectivity index (χ3v) is 4.46. The predicted octanol–water partition coefficient (Wildman–Crippen LogP) is 5.74. The highest BCUT2D eigenvalue weighted by molar-refractivity contribution is 5.83. The van der Waals surface area contributed by atoms with Gasteiger partial charge in [0.2, 0.25) is 0 Å². The highest BCUT2D eigenvalue weighted by atomic mass is 19.1. The number of aromatic nitrogens is 1. The first-order chi connectivity index (χ1) is 13.6. The molecule has 5 heteroatoms. The summed E-state index contributed by atoms with van der Waals surface area (Å²) in [5.41, 5.74) is 3.93. The molecule has 0 aliphatic carbocycles. The zero-order valence-electron chi connectivity index (χ0n) is 15.2. The van der Waals surface area contributed by atoms with Crippen LogP contribution < -0.4 is 4.74 Å².